The van der Waals surface area contributed by atoms with E-state index in [1.54, 1.807) is 24.3 Å². The largest absolute Gasteiger partial charge is 0.495 e. The number of benzene rings is 3. The first-order valence-corrected chi connectivity index (χ1v) is 10.6. The molecule has 0 bridgehead atoms. The second kappa shape index (κ2) is 9.36. The Labute approximate surface area is 170 Å². The van der Waals surface area contributed by atoms with Gasteiger partial charge in [-0.05, 0) is 42.3 Å². The van der Waals surface area contributed by atoms with Gasteiger partial charge in [-0.3, -0.25) is 4.79 Å². The first-order valence-electron chi connectivity index (χ1n) is 9.07. The lowest BCUT2D eigenvalue weighted by atomic mass is 10.2. The van der Waals surface area contributed by atoms with E-state index in [0.29, 0.717) is 12.1 Å². The first-order chi connectivity index (χ1) is 14.0. The van der Waals surface area contributed by atoms with Gasteiger partial charge in [0.2, 0.25) is 10.0 Å². The molecule has 0 aliphatic rings. The molecule has 0 fully saturated rings. The van der Waals surface area contributed by atoms with Gasteiger partial charge in [-0.2, -0.15) is 0 Å². The molecule has 0 atom stereocenters. The summed E-state index contributed by atoms with van der Waals surface area (Å²) >= 11 is 0. The highest BCUT2D eigenvalue weighted by atomic mass is 32.2. The molecular weight excluding hydrogens is 388 g/mol. The van der Waals surface area contributed by atoms with Crippen LogP contribution in [0.25, 0.3) is 0 Å². The monoisotopic (exact) mass is 410 g/mol. The van der Waals surface area contributed by atoms with Crippen LogP contribution in [0.1, 0.15) is 15.9 Å². The third-order valence-electron chi connectivity index (χ3n) is 4.30. The Balaban J connectivity index is 1.77. The number of ether oxygens (including phenoxy) is 1. The number of hydrogen-bond acceptors (Lipinski definition) is 4. The van der Waals surface area contributed by atoms with E-state index in [2.05, 4.69) is 10.0 Å². The lowest BCUT2D eigenvalue weighted by molar-refractivity contribution is 0.102. The quantitative estimate of drug-likeness (QED) is 0.596. The van der Waals surface area contributed by atoms with Crippen molar-refractivity contribution in [2.75, 3.05) is 19.0 Å². The van der Waals surface area contributed by atoms with Crippen molar-refractivity contribution in [1.82, 2.24) is 4.72 Å². The molecular formula is C22H22N2O4S. The second-order valence-corrected chi connectivity index (χ2v) is 8.05. The Morgan fingerprint density at radius 1 is 0.931 bits per heavy atom. The molecule has 150 valence electrons. The van der Waals surface area contributed by atoms with E-state index in [9.17, 15) is 13.2 Å². The van der Waals surface area contributed by atoms with E-state index >= 15 is 0 Å². The van der Waals surface area contributed by atoms with Gasteiger partial charge in [0, 0.05) is 17.8 Å². The van der Waals surface area contributed by atoms with Crippen LogP contribution in [0.15, 0.2) is 83.8 Å². The Kier molecular flexibility index (Phi) is 6.64. The maximum atomic E-state index is 12.8. The molecule has 0 radical (unpaired) electrons. The number of anilines is 1. The molecule has 6 nitrogen and oxygen atoms in total. The molecule has 0 aromatic heterocycles. The third-order valence-corrected chi connectivity index (χ3v) is 5.78. The molecule has 0 aliphatic carbocycles. The molecule has 2 N–H and O–H groups in total. The van der Waals surface area contributed by atoms with E-state index < -0.39 is 15.9 Å². The van der Waals surface area contributed by atoms with E-state index in [1.807, 2.05) is 36.4 Å². The standard InChI is InChI=1S/C22H22N2O4S/c1-28-20-13-12-18(22(25)24-19-10-6-3-7-11-19)16-21(20)29(26,27)23-15-14-17-8-4-2-5-9-17/h2-13,16,23H,14-15H2,1H3,(H,24,25). The lowest BCUT2D eigenvalue weighted by Crippen LogP contribution is -2.27. The van der Waals surface area contributed by atoms with Crippen LogP contribution in [-0.4, -0.2) is 28.0 Å². The highest BCUT2D eigenvalue weighted by Gasteiger charge is 2.21. The van der Waals surface area contributed by atoms with Crippen molar-refractivity contribution in [2.45, 2.75) is 11.3 Å². The predicted octanol–water partition coefficient (Wildman–Crippen LogP) is 3.47. The summed E-state index contributed by atoms with van der Waals surface area (Å²) in [5, 5.41) is 2.74. The van der Waals surface area contributed by atoms with Gasteiger partial charge in [-0.15, -0.1) is 0 Å². The number of hydrogen-bond donors (Lipinski definition) is 2. The number of methoxy groups -OCH3 is 1. The molecule has 0 spiro atoms. The second-order valence-electron chi connectivity index (χ2n) is 6.32. The van der Waals surface area contributed by atoms with Crippen LogP contribution in [0.5, 0.6) is 5.75 Å². The number of nitrogens with one attached hydrogen (secondary N) is 2. The SMILES string of the molecule is COc1ccc(C(=O)Nc2ccccc2)cc1S(=O)(=O)NCCc1ccccc1. The van der Waals surface area contributed by atoms with Crippen molar-refractivity contribution in [2.24, 2.45) is 0 Å². The number of para-hydroxylation sites is 1. The summed E-state index contributed by atoms with van der Waals surface area (Å²) in [5.41, 5.74) is 1.87. The zero-order chi connectivity index (χ0) is 20.7. The highest BCUT2D eigenvalue weighted by Crippen LogP contribution is 2.25. The summed E-state index contributed by atoms with van der Waals surface area (Å²) in [6.45, 7) is 0.232. The van der Waals surface area contributed by atoms with Gasteiger partial charge in [-0.25, -0.2) is 13.1 Å². The summed E-state index contributed by atoms with van der Waals surface area (Å²) in [7, 11) is -2.47. The third kappa shape index (κ3) is 5.43. The van der Waals surface area contributed by atoms with Crippen LogP contribution in [0, 0.1) is 0 Å². The number of rotatable bonds is 8. The minimum absolute atomic E-state index is 0.0752. The zero-order valence-corrected chi connectivity index (χ0v) is 16.8. The van der Waals surface area contributed by atoms with Gasteiger partial charge in [0.05, 0.1) is 7.11 Å². The van der Waals surface area contributed by atoms with Crippen molar-refractivity contribution in [3.63, 3.8) is 0 Å². The molecule has 0 unspecified atom stereocenters. The van der Waals surface area contributed by atoms with E-state index in [4.69, 9.17) is 4.74 Å². The molecule has 1 amide bonds. The number of amides is 1. The molecule has 0 heterocycles. The molecule has 29 heavy (non-hydrogen) atoms. The Hall–Kier alpha value is -3.16. The van der Waals surface area contributed by atoms with Crippen LogP contribution in [0.4, 0.5) is 5.69 Å². The van der Waals surface area contributed by atoms with Crippen molar-refractivity contribution in [3.8, 4) is 5.75 Å². The van der Waals surface area contributed by atoms with Gasteiger partial charge >= 0.3 is 0 Å². The summed E-state index contributed by atoms with van der Waals surface area (Å²) in [6, 6.07) is 22.9. The topological polar surface area (TPSA) is 84.5 Å². The van der Waals surface area contributed by atoms with Crippen molar-refractivity contribution in [3.05, 3.63) is 90.0 Å². The van der Waals surface area contributed by atoms with Crippen LogP contribution in [-0.2, 0) is 16.4 Å². The number of sulfonamides is 1. The van der Waals surface area contributed by atoms with Gasteiger partial charge in [0.15, 0.2) is 0 Å². The zero-order valence-electron chi connectivity index (χ0n) is 16.0. The molecule has 0 aliphatic heterocycles. The van der Waals surface area contributed by atoms with Crippen LogP contribution >= 0.6 is 0 Å². The first kappa shape index (κ1) is 20.6. The Bertz CT molecular complexity index is 1070. The Morgan fingerprint density at radius 2 is 1.59 bits per heavy atom. The summed E-state index contributed by atoms with van der Waals surface area (Å²) in [4.78, 5) is 12.4. The molecule has 3 aromatic carbocycles. The predicted molar refractivity (Wildman–Crippen MR) is 113 cm³/mol. The minimum atomic E-state index is -3.86. The maximum Gasteiger partial charge on any atom is 0.255 e. The fraction of sp³-hybridized carbons (Fsp3) is 0.136. The van der Waals surface area contributed by atoms with Gasteiger partial charge in [0.25, 0.3) is 5.91 Å². The average Bonchev–Trinajstić information content (AvgIpc) is 2.74. The van der Waals surface area contributed by atoms with Gasteiger partial charge in [-0.1, -0.05) is 48.5 Å². The highest BCUT2D eigenvalue weighted by molar-refractivity contribution is 7.89. The summed E-state index contributed by atoms with van der Waals surface area (Å²) < 4.78 is 33.4. The molecule has 3 rings (SSSR count). The molecule has 3 aromatic rings. The van der Waals surface area contributed by atoms with E-state index in [1.165, 1.54) is 25.3 Å². The molecule has 0 saturated carbocycles. The smallest absolute Gasteiger partial charge is 0.255 e. The van der Waals surface area contributed by atoms with Crippen molar-refractivity contribution >= 4 is 21.6 Å². The average molecular weight is 410 g/mol. The Morgan fingerprint density at radius 3 is 2.24 bits per heavy atom. The maximum absolute atomic E-state index is 12.8. The van der Waals surface area contributed by atoms with Gasteiger partial charge in [0.1, 0.15) is 10.6 Å². The number of carbonyl (C=O) groups excluding carboxylic acids is 1. The minimum Gasteiger partial charge on any atom is -0.495 e. The number of carbonyl (C=O) groups is 1. The summed E-state index contributed by atoms with van der Waals surface area (Å²) in [5.74, 6) is -0.229. The normalized spacial score (nSPS) is 11.1. The summed E-state index contributed by atoms with van der Waals surface area (Å²) in [6.07, 6.45) is 0.552. The van der Waals surface area contributed by atoms with Crippen molar-refractivity contribution < 1.29 is 17.9 Å². The fourth-order valence-electron chi connectivity index (χ4n) is 2.80. The van der Waals surface area contributed by atoms with Gasteiger partial charge < -0.3 is 10.1 Å². The van der Waals surface area contributed by atoms with Crippen LogP contribution < -0.4 is 14.8 Å². The molecule has 0 saturated heterocycles. The van der Waals surface area contributed by atoms with Crippen molar-refractivity contribution in [1.29, 1.82) is 0 Å². The van der Waals surface area contributed by atoms with E-state index in [-0.39, 0.29) is 22.8 Å². The lowest BCUT2D eigenvalue weighted by Gasteiger charge is -2.13. The molecule has 7 heteroatoms. The van der Waals surface area contributed by atoms with Crippen LogP contribution in [0.3, 0.4) is 0 Å². The fourth-order valence-corrected chi connectivity index (χ4v) is 4.03. The van der Waals surface area contributed by atoms with Crippen LogP contribution in [0.2, 0.25) is 0 Å². The van der Waals surface area contributed by atoms with E-state index in [0.717, 1.165) is 5.56 Å².